The summed E-state index contributed by atoms with van der Waals surface area (Å²) < 4.78 is 4.83. The van der Waals surface area contributed by atoms with E-state index in [1.165, 1.54) is 44.6 Å². The van der Waals surface area contributed by atoms with E-state index in [4.69, 9.17) is 4.74 Å². The van der Waals surface area contributed by atoms with Crippen LogP contribution in [0.25, 0.3) is 0 Å². The van der Waals surface area contributed by atoms with Crippen LogP contribution in [0.15, 0.2) is 12.2 Å². The van der Waals surface area contributed by atoms with Gasteiger partial charge in [0.2, 0.25) is 0 Å². The molecule has 4 saturated carbocycles. The molecule has 2 amide bonds. The van der Waals surface area contributed by atoms with Crippen molar-refractivity contribution < 1.29 is 14.3 Å². The van der Waals surface area contributed by atoms with Gasteiger partial charge in [0.05, 0.1) is 6.61 Å². The van der Waals surface area contributed by atoms with Crippen LogP contribution in [0.5, 0.6) is 0 Å². The molecule has 0 heterocycles. The largest absolute Gasteiger partial charge is 0.463 e. The summed E-state index contributed by atoms with van der Waals surface area (Å²) in [5.41, 5.74) is 0.0940. The Labute approximate surface area is 157 Å². The van der Waals surface area contributed by atoms with Crippen LogP contribution in [0.3, 0.4) is 0 Å². The highest BCUT2D eigenvalue weighted by atomic mass is 16.5. The second kappa shape index (κ2) is 8.92. The van der Waals surface area contributed by atoms with Crippen LogP contribution in [-0.2, 0) is 9.53 Å². The van der Waals surface area contributed by atoms with Gasteiger partial charge in [-0.3, -0.25) is 0 Å². The minimum Gasteiger partial charge on any atom is -0.463 e. The quantitative estimate of drug-likeness (QED) is 0.371. The maximum atomic E-state index is 12.3. The van der Waals surface area contributed by atoms with Crippen molar-refractivity contribution in [3.63, 3.8) is 0 Å². The summed E-state index contributed by atoms with van der Waals surface area (Å²) in [4.78, 5) is 23.5. The van der Waals surface area contributed by atoms with Gasteiger partial charge >= 0.3 is 12.0 Å². The van der Waals surface area contributed by atoms with E-state index in [2.05, 4.69) is 10.6 Å². The van der Waals surface area contributed by atoms with E-state index in [-0.39, 0.29) is 17.5 Å². The lowest BCUT2D eigenvalue weighted by atomic mass is 9.53. The Morgan fingerprint density at radius 1 is 1.04 bits per heavy atom. The van der Waals surface area contributed by atoms with Gasteiger partial charge in [0, 0.05) is 18.2 Å². The molecule has 0 atom stereocenters. The summed E-state index contributed by atoms with van der Waals surface area (Å²) in [7, 11) is 0. The Kier molecular flexibility index (Phi) is 6.60. The van der Waals surface area contributed by atoms with Crippen LogP contribution >= 0.6 is 0 Å². The molecule has 4 aliphatic carbocycles. The standard InChI is InChI=1S/C21H34N2O3/c1-2-26-19(24)8-6-4-3-5-7-9-22-20(25)23-21-13-16-10-17(14-21)12-18(11-16)15-21/h6,8,16-18H,2-5,7,9-15H2,1H3,(H2,22,23,25). The fraction of sp³-hybridized carbons (Fsp3) is 0.810. The van der Waals surface area contributed by atoms with Crippen molar-refractivity contribution in [2.24, 2.45) is 17.8 Å². The number of hydrogen-bond acceptors (Lipinski definition) is 3. The Balaban J connectivity index is 1.26. The highest BCUT2D eigenvalue weighted by molar-refractivity contribution is 5.81. The predicted octanol–water partition coefficient (Wildman–Crippen LogP) is 3.93. The number of hydrogen-bond donors (Lipinski definition) is 2. The number of carbonyl (C=O) groups excluding carboxylic acids is 2. The number of esters is 1. The first-order valence-electron chi connectivity index (χ1n) is 10.5. The van der Waals surface area contributed by atoms with Gasteiger partial charge in [-0.15, -0.1) is 0 Å². The van der Waals surface area contributed by atoms with Gasteiger partial charge in [-0.05, 0) is 82.5 Å². The van der Waals surface area contributed by atoms with E-state index in [1.807, 2.05) is 6.08 Å². The molecule has 0 radical (unpaired) electrons. The average Bonchev–Trinajstić information content (AvgIpc) is 2.55. The first-order chi connectivity index (χ1) is 12.6. The van der Waals surface area contributed by atoms with E-state index in [9.17, 15) is 9.59 Å². The van der Waals surface area contributed by atoms with Crippen molar-refractivity contribution in [2.75, 3.05) is 13.2 Å². The van der Waals surface area contributed by atoms with Crippen LogP contribution in [0, 0.1) is 17.8 Å². The highest BCUT2D eigenvalue weighted by Crippen LogP contribution is 2.55. The number of urea groups is 1. The predicted molar refractivity (Wildman–Crippen MR) is 102 cm³/mol. The van der Waals surface area contributed by atoms with Crippen molar-refractivity contribution in [1.29, 1.82) is 0 Å². The summed E-state index contributed by atoms with van der Waals surface area (Å²) in [6.45, 7) is 2.94. The van der Waals surface area contributed by atoms with Crippen LogP contribution in [0.1, 0.15) is 71.1 Å². The molecule has 4 aliphatic rings. The molecule has 5 heteroatoms. The number of ether oxygens (including phenoxy) is 1. The van der Waals surface area contributed by atoms with Gasteiger partial charge in [0.15, 0.2) is 0 Å². The Morgan fingerprint density at radius 3 is 2.31 bits per heavy atom. The Morgan fingerprint density at radius 2 is 1.69 bits per heavy atom. The monoisotopic (exact) mass is 362 g/mol. The van der Waals surface area contributed by atoms with Crippen molar-refractivity contribution >= 4 is 12.0 Å². The molecule has 0 unspecified atom stereocenters. The normalized spacial score (nSPS) is 32.0. The zero-order chi connectivity index (χ0) is 18.4. The molecule has 4 rings (SSSR count). The Hall–Kier alpha value is -1.52. The summed E-state index contributed by atoms with van der Waals surface area (Å²) in [6.07, 6.45) is 15.1. The van der Waals surface area contributed by atoms with Gasteiger partial charge < -0.3 is 15.4 Å². The maximum Gasteiger partial charge on any atom is 0.330 e. The molecule has 0 aliphatic heterocycles. The minimum absolute atomic E-state index is 0.0224. The zero-order valence-electron chi connectivity index (χ0n) is 16.1. The van der Waals surface area contributed by atoms with E-state index < -0.39 is 0 Å². The van der Waals surface area contributed by atoms with E-state index in [0.717, 1.165) is 50.0 Å². The summed E-state index contributed by atoms with van der Waals surface area (Å²) >= 11 is 0. The molecule has 0 saturated heterocycles. The maximum absolute atomic E-state index is 12.3. The zero-order valence-corrected chi connectivity index (χ0v) is 16.1. The molecule has 26 heavy (non-hydrogen) atoms. The van der Waals surface area contributed by atoms with Crippen LogP contribution in [0.2, 0.25) is 0 Å². The van der Waals surface area contributed by atoms with Gasteiger partial charge in [-0.1, -0.05) is 12.5 Å². The molecule has 146 valence electrons. The average molecular weight is 363 g/mol. The Bertz CT molecular complexity index is 494. The fourth-order valence-corrected chi connectivity index (χ4v) is 5.68. The molecule has 0 spiro atoms. The highest BCUT2D eigenvalue weighted by Gasteiger charge is 2.51. The van der Waals surface area contributed by atoms with Gasteiger partial charge in [-0.2, -0.15) is 0 Å². The molecule has 5 nitrogen and oxygen atoms in total. The minimum atomic E-state index is -0.268. The van der Waals surface area contributed by atoms with E-state index in [1.54, 1.807) is 6.92 Å². The number of allylic oxidation sites excluding steroid dienone is 1. The third-order valence-electron chi connectivity index (χ3n) is 6.29. The van der Waals surface area contributed by atoms with Crippen molar-refractivity contribution in [3.05, 3.63) is 12.2 Å². The summed E-state index contributed by atoms with van der Waals surface area (Å²) in [6, 6.07) is 0.0224. The lowest BCUT2D eigenvalue weighted by Crippen LogP contribution is -2.61. The molecule has 0 aromatic heterocycles. The van der Waals surface area contributed by atoms with Crippen molar-refractivity contribution in [2.45, 2.75) is 76.7 Å². The number of carbonyl (C=O) groups is 2. The second-order valence-electron chi connectivity index (χ2n) is 8.58. The van der Waals surface area contributed by atoms with E-state index >= 15 is 0 Å². The first kappa shape index (κ1) is 19.2. The summed E-state index contributed by atoms with van der Waals surface area (Å²) in [5.74, 6) is 2.29. The third-order valence-corrected chi connectivity index (χ3v) is 6.29. The molecular formula is C21H34N2O3. The number of amides is 2. The lowest BCUT2D eigenvalue weighted by molar-refractivity contribution is -0.137. The van der Waals surface area contributed by atoms with Crippen molar-refractivity contribution in [3.8, 4) is 0 Å². The van der Waals surface area contributed by atoms with Crippen molar-refractivity contribution in [1.82, 2.24) is 10.6 Å². The molecule has 2 N–H and O–H groups in total. The summed E-state index contributed by atoms with van der Waals surface area (Å²) in [5, 5.41) is 6.39. The van der Waals surface area contributed by atoms with E-state index in [0.29, 0.717) is 6.61 Å². The molecule has 0 aromatic rings. The topological polar surface area (TPSA) is 67.4 Å². The molecule has 4 fully saturated rings. The molecule has 0 aromatic carbocycles. The second-order valence-corrected chi connectivity index (χ2v) is 8.58. The lowest BCUT2D eigenvalue weighted by Gasteiger charge is -2.56. The van der Waals surface area contributed by atoms with Gasteiger partial charge in [0.25, 0.3) is 0 Å². The SMILES string of the molecule is CCOC(=O)C=CCCCCCNC(=O)NC12CC3CC(CC(C3)C1)C2. The van der Waals surface area contributed by atoms with Crippen LogP contribution in [0.4, 0.5) is 4.79 Å². The van der Waals surface area contributed by atoms with Crippen LogP contribution in [-0.4, -0.2) is 30.7 Å². The first-order valence-corrected chi connectivity index (χ1v) is 10.5. The molecular weight excluding hydrogens is 328 g/mol. The fourth-order valence-electron chi connectivity index (χ4n) is 5.68. The number of rotatable bonds is 9. The van der Waals surface area contributed by atoms with Crippen LogP contribution < -0.4 is 10.6 Å². The number of unbranched alkanes of at least 4 members (excludes halogenated alkanes) is 3. The van der Waals surface area contributed by atoms with Gasteiger partial charge in [-0.25, -0.2) is 9.59 Å². The molecule has 4 bridgehead atoms. The number of nitrogens with one attached hydrogen (secondary N) is 2. The smallest absolute Gasteiger partial charge is 0.330 e. The third kappa shape index (κ3) is 5.24. The van der Waals surface area contributed by atoms with Gasteiger partial charge in [0.1, 0.15) is 0 Å².